The summed E-state index contributed by atoms with van der Waals surface area (Å²) < 4.78 is 5.52. The lowest BCUT2D eigenvalue weighted by atomic mass is 10.1. The first-order chi connectivity index (χ1) is 11.5. The van der Waals surface area contributed by atoms with Crippen molar-refractivity contribution in [3.63, 3.8) is 0 Å². The summed E-state index contributed by atoms with van der Waals surface area (Å²) in [6.07, 6.45) is 0. The highest BCUT2D eigenvalue weighted by molar-refractivity contribution is 6.02. The molecule has 7 nitrogen and oxygen atoms in total. The van der Waals surface area contributed by atoms with Gasteiger partial charge in [-0.15, -0.1) is 0 Å². The predicted octanol–water partition coefficient (Wildman–Crippen LogP) is 3.81. The third-order valence-corrected chi connectivity index (χ3v) is 3.32. The summed E-state index contributed by atoms with van der Waals surface area (Å²) in [5.41, 5.74) is 1.43. The molecule has 0 radical (unpaired) electrons. The van der Waals surface area contributed by atoms with Crippen LogP contribution in [0.25, 0.3) is 11.3 Å². The molecular formula is C17H13N3O4. The molecule has 1 aromatic carbocycles. The molecule has 1 N–H and O–H groups in total. The Labute approximate surface area is 137 Å². The first kappa shape index (κ1) is 15.4. The van der Waals surface area contributed by atoms with Gasteiger partial charge in [0, 0.05) is 23.4 Å². The van der Waals surface area contributed by atoms with Crippen molar-refractivity contribution in [3.8, 4) is 11.3 Å². The number of benzene rings is 1. The Morgan fingerprint density at radius 1 is 1.12 bits per heavy atom. The van der Waals surface area contributed by atoms with E-state index < -0.39 is 10.8 Å². The first-order valence-electron chi connectivity index (χ1n) is 7.12. The number of aryl methyl sites for hydroxylation is 1. The second-order valence-electron chi connectivity index (χ2n) is 5.09. The van der Waals surface area contributed by atoms with E-state index in [0.717, 1.165) is 5.69 Å². The second kappa shape index (κ2) is 6.33. The van der Waals surface area contributed by atoms with Gasteiger partial charge in [-0.2, -0.15) is 0 Å². The number of nitrogens with one attached hydrogen (secondary N) is 1. The van der Waals surface area contributed by atoms with Gasteiger partial charge >= 0.3 is 0 Å². The normalized spacial score (nSPS) is 10.4. The van der Waals surface area contributed by atoms with Crippen LogP contribution in [0, 0.1) is 17.0 Å². The molecule has 0 fully saturated rings. The number of furan rings is 1. The van der Waals surface area contributed by atoms with E-state index in [1.165, 1.54) is 12.1 Å². The number of hydrogen-bond acceptors (Lipinski definition) is 5. The second-order valence-corrected chi connectivity index (χ2v) is 5.09. The largest absolute Gasteiger partial charge is 0.451 e. The zero-order valence-corrected chi connectivity index (χ0v) is 12.7. The molecule has 2 aromatic heterocycles. The van der Waals surface area contributed by atoms with Gasteiger partial charge in [-0.25, -0.2) is 4.98 Å². The van der Waals surface area contributed by atoms with Crippen LogP contribution in [0.15, 0.2) is 59.0 Å². The minimum atomic E-state index is -0.473. The number of rotatable bonds is 4. The highest BCUT2D eigenvalue weighted by Crippen LogP contribution is 2.24. The molecule has 0 atom stereocenters. The maximum Gasteiger partial charge on any atom is 0.292 e. The van der Waals surface area contributed by atoms with Crippen molar-refractivity contribution in [1.29, 1.82) is 0 Å². The standard InChI is InChI=1S/C17H13N3O4/c1-11-3-2-4-16(18-11)19-17(21)15-10-9-14(24-15)12-5-7-13(8-6-12)20(22)23/h2-10H,1H3,(H,18,19,21). The third kappa shape index (κ3) is 3.30. The molecule has 7 heteroatoms. The van der Waals surface area contributed by atoms with Gasteiger partial charge in [-0.05, 0) is 43.3 Å². The molecular weight excluding hydrogens is 310 g/mol. The Morgan fingerprint density at radius 3 is 2.54 bits per heavy atom. The number of hydrogen-bond donors (Lipinski definition) is 1. The summed E-state index contributed by atoms with van der Waals surface area (Å²) in [5, 5.41) is 13.3. The summed E-state index contributed by atoms with van der Waals surface area (Å²) in [5.74, 6) is 0.605. The van der Waals surface area contributed by atoms with E-state index in [1.54, 1.807) is 36.4 Å². The van der Waals surface area contributed by atoms with Crippen molar-refractivity contribution in [2.24, 2.45) is 0 Å². The number of carbonyl (C=O) groups excluding carboxylic acids is 1. The van der Waals surface area contributed by atoms with Gasteiger partial charge in [0.15, 0.2) is 5.76 Å². The quantitative estimate of drug-likeness (QED) is 0.581. The van der Waals surface area contributed by atoms with Gasteiger partial charge in [0.1, 0.15) is 11.6 Å². The van der Waals surface area contributed by atoms with E-state index in [9.17, 15) is 14.9 Å². The van der Waals surface area contributed by atoms with Crippen LogP contribution in [0.4, 0.5) is 11.5 Å². The fourth-order valence-electron chi connectivity index (χ4n) is 2.15. The van der Waals surface area contributed by atoms with E-state index in [0.29, 0.717) is 17.1 Å². The van der Waals surface area contributed by atoms with E-state index in [2.05, 4.69) is 10.3 Å². The molecule has 120 valence electrons. The van der Waals surface area contributed by atoms with Crippen LogP contribution in [-0.4, -0.2) is 15.8 Å². The predicted molar refractivity (Wildman–Crippen MR) is 87.7 cm³/mol. The molecule has 24 heavy (non-hydrogen) atoms. The van der Waals surface area contributed by atoms with Crippen LogP contribution in [0.5, 0.6) is 0 Å². The van der Waals surface area contributed by atoms with Gasteiger partial charge in [-0.1, -0.05) is 6.07 Å². The number of carbonyl (C=O) groups is 1. The number of nitro benzene ring substituents is 1. The summed E-state index contributed by atoms with van der Waals surface area (Å²) in [6, 6.07) is 14.4. The summed E-state index contributed by atoms with van der Waals surface area (Å²) in [7, 11) is 0. The number of aromatic nitrogens is 1. The van der Waals surface area contributed by atoms with Crippen LogP contribution in [0.3, 0.4) is 0 Å². The van der Waals surface area contributed by atoms with E-state index >= 15 is 0 Å². The molecule has 3 aromatic rings. The van der Waals surface area contributed by atoms with Crippen molar-refractivity contribution in [1.82, 2.24) is 4.98 Å². The van der Waals surface area contributed by atoms with Crippen LogP contribution < -0.4 is 5.32 Å². The first-order valence-corrected chi connectivity index (χ1v) is 7.12. The highest BCUT2D eigenvalue weighted by atomic mass is 16.6. The zero-order valence-electron chi connectivity index (χ0n) is 12.7. The van der Waals surface area contributed by atoms with Crippen molar-refractivity contribution in [2.75, 3.05) is 5.32 Å². The molecule has 0 aliphatic heterocycles. The molecule has 0 spiro atoms. The van der Waals surface area contributed by atoms with E-state index in [-0.39, 0.29) is 11.4 Å². The highest BCUT2D eigenvalue weighted by Gasteiger charge is 2.14. The molecule has 1 amide bonds. The Morgan fingerprint density at radius 2 is 1.88 bits per heavy atom. The Kier molecular flexibility index (Phi) is 4.07. The number of amides is 1. The molecule has 2 heterocycles. The minimum Gasteiger partial charge on any atom is -0.451 e. The average molecular weight is 323 g/mol. The maximum atomic E-state index is 12.2. The SMILES string of the molecule is Cc1cccc(NC(=O)c2ccc(-c3ccc([N+](=O)[O-])cc3)o2)n1. The summed E-state index contributed by atoms with van der Waals surface area (Å²) >= 11 is 0. The van der Waals surface area contributed by atoms with Crippen LogP contribution in [-0.2, 0) is 0 Å². The number of pyridine rings is 1. The Hall–Kier alpha value is -3.48. The Bertz CT molecular complexity index is 900. The lowest BCUT2D eigenvalue weighted by molar-refractivity contribution is -0.384. The van der Waals surface area contributed by atoms with Gasteiger partial charge in [0.05, 0.1) is 4.92 Å². The lowest BCUT2D eigenvalue weighted by Crippen LogP contribution is -2.12. The smallest absolute Gasteiger partial charge is 0.292 e. The molecule has 0 saturated carbocycles. The molecule has 0 bridgehead atoms. The number of non-ortho nitro benzene ring substituents is 1. The Balaban J connectivity index is 1.77. The summed E-state index contributed by atoms with van der Waals surface area (Å²) in [4.78, 5) is 26.6. The van der Waals surface area contributed by atoms with Gasteiger partial charge in [0.25, 0.3) is 11.6 Å². The topological polar surface area (TPSA) is 98.3 Å². The van der Waals surface area contributed by atoms with Crippen molar-refractivity contribution in [3.05, 3.63) is 76.2 Å². The van der Waals surface area contributed by atoms with Gasteiger partial charge in [0.2, 0.25) is 0 Å². The van der Waals surface area contributed by atoms with Crippen LogP contribution in [0.2, 0.25) is 0 Å². The molecule has 3 rings (SSSR count). The minimum absolute atomic E-state index is 0.00575. The zero-order chi connectivity index (χ0) is 17.1. The fourth-order valence-corrected chi connectivity index (χ4v) is 2.15. The monoisotopic (exact) mass is 323 g/mol. The summed E-state index contributed by atoms with van der Waals surface area (Å²) in [6.45, 7) is 1.83. The maximum absolute atomic E-state index is 12.2. The third-order valence-electron chi connectivity index (χ3n) is 3.32. The van der Waals surface area contributed by atoms with Crippen molar-refractivity contribution < 1.29 is 14.1 Å². The van der Waals surface area contributed by atoms with E-state index in [4.69, 9.17) is 4.42 Å². The van der Waals surface area contributed by atoms with Gasteiger partial charge in [-0.3, -0.25) is 14.9 Å². The lowest BCUT2D eigenvalue weighted by Gasteiger charge is -2.03. The number of nitrogens with zero attached hydrogens (tertiary/aromatic N) is 2. The average Bonchev–Trinajstić information content (AvgIpc) is 3.05. The number of anilines is 1. The molecule has 0 aliphatic rings. The van der Waals surface area contributed by atoms with E-state index in [1.807, 2.05) is 13.0 Å². The fraction of sp³-hybridized carbons (Fsp3) is 0.0588. The molecule has 0 aliphatic carbocycles. The van der Waals surface area contributed by atoms with Crippen molar-refractivity contribution >= 4 is 17.4 Å². The number of nitro groups is 1. The van der Waals surface area contributed by atoms with Crippen LogP contribution >= 0.6 is 0 Å². The van der Waals surface area contributed by atoms with Gasteiger partial charge < -0.3 is 9.73 Å². The molecule has 0 saturated heterocycles. The van der Waals surface area contributed by atoms with Crippen molar-refractivity contribution in [2.45, 2.75) is 6.92 Å². The molecule has 0 unspecified atom stereocenters. The van der Waals surface area contributed by atoms with Crippen LogP contribution in [0.1, 0.15) is 16.2 Å².